The monoisotopic (exact) mass is 224 g/mol. The van der Waals surface area contributed by atoms with E-state index in [2.05, 4.69) is 31.0 Å². The number of hydrogen-bond donors (Lipinski definition) is 1. The van der Waals surface area contributed by atoms with Gasteiger partial charge in [-0.25, -0.2) is 0 Å². The number of nitrogens with one attached hydrogen (secondary N) is 1. The van der Waals surface area contributed by atoms with Crippen LogP contribution >= 0.6 is 0 Å². The summed E-state index contributed by atoms with van der Waals surface area (Å²) < 4.78 is 0. The highest BCUT2D eigenvalue weighted by atomic mass is 15.2. The van der Waals surface area contributed by atoms with Crippen LogP contribution in [0.25, 0.3) is 0 Å². The van der Waals surface area contributed by atoms with Gasteiger partial charge in [0, 0.05) is 32.2 Å². The first-order chi connectivity index (χ1) is 7.54. The maximum Gasteiger partial charge on any atom is 0.0110 e. The predicted octanol–water partition coefficient (Wildman–Crippen LogP) is 2.50. The lowest BCUT2D eigenvalue weighted by atomic mass is 9.97. The number of rotatable bonds is 7. The Morgan fingerprint density at radius 3 is 2.31 bits per heavy atom. The van der Waals surface area contributed by atoms with E-state index < -0.39 is 0 Å². The highest BCUT2D eigenvalue weighted by molar-refractivity contribution is 4.88. The lowest BCUT2D eigenvalue weighted by molar-refractivity contribution is 0.247. The summed E-state index contributed by atoms with van der Waals surface area (Å²) in [5.74, 6) is 1.04. The average Bonchev–Trinajstić information content (AvgIpc) is 2.97. The molecule has 2 rings (SSSR count). The van der Waals surface area contributed by atoms with E-state index in [1.165, 1.54) is 45.3 Å². The first-order valence-electron chi connectivity index (χ1n) is 6.99. The van der Waals surface area contributed by atoms with Crippen molar-refractivity contribution < 1.29 is 0 Å². The van der Waals surface area contributed by atoms with Crippen molar-refractivity contribution in [2.24, 2.45) is 11.3 Å². The molecule has 0 amide bonds. The van der Waals surface area contributed by atoms with Crippen LogP contribution in [0.1, 0.15) is 46.5 Å². The summed E-state index contributed by atoms with van der Waals surface area (Å²) in [5.41, 5.74) is 0.418. The fourth-order valence-corrected chi connectivity index (χ4v) is 2.18. The number of hydrogen-bond acceptors (Lipinski definition) is 2. The van der Waals surface area contributed by atoms with Crippen LogP contribution in [0.2, 0.25) is 0 Å². The van der Waals surface area contributed by atoms with Gasteiger partial charge >= 0.3 is 0 Å². The van der Waals surface area contributed by atoms with E-state index >= 15 is 0 Å². The summed E-state index contributed by atoms with van der Waals surface area (Å²) in [6.45, 7) is 11.8. The molecule has 2 saturated carbocycles. The van der Waals surface area contributed by atoms with Gasteiger partial charge in [0.1, 0.15) is 0 Å². The molecule has 0 unspecified atom stereocenters. The van der Waals surface area contributed by atoms with Gasteiger partial charge in [-0.3, -0.25) is 4.90 Å². The molecule has 94 valence electrons. The molecule has 2 fully saturated rings. The summed E-state index contributed by atoms with van der Waals surface area (Å²) in [6.07, 6.45) is 5.87. The Morgan fingerprint density at radius 2 is 1.81 bits per heavy atom. The third kappa shape index (κ3) is 4.84. The zero-order valence-corrected chi connectivity index (χ0v) is 11.3. The second-order valence-electron chi connectivity index (χ2n) is 6.91. The van der Waals surface area contributed by atoms with Crippen molar-refractivity contribution in [2.75, 3.05) is 26.2 Å². The minimum Gasteiger partial charge on any atom is -0.315 e. The van der Waals surface area contributed by atoms with Gasteiger partial charge in [0.2, 0.25) is 0 Å². The van der Waals surface area contributed by atoms with Gasteiger partial charge in [-0.2, -0.15) is 0 Å². The molecular formula is C14H28N2. The van der Waals surface area contributed by atoms with E-state index in [1.807, 2.05) is 0 Å². The zero-order valence-electron chi connectivity index (χ0n) is 11.3. The van der Waals surface area contributed by atoms with E-state index in [9.17, 15) is 0 Å². The summed E-state index contributed by atoms with van der Waals surface area (Å²) in [7, 11) is 0. The van der Waals surface area contributed by atoms with Crippen LogP contribution in [-0.4, -0.2) is 37.1 Å². The van der Waals surface area contributed by atoms with Crippen LogP contribution in [0.15, 0.2) is 0 Å². The Bertz CT molecular complexity index is 211. The van der Waals surface area contributed by atoms with Gasteiger partial charge in [-0.05, 0) is 37.0 Å². The normalized spacial score (nSPS) is 21.8. The predicted molar refractivity (Wildman–Crippen MR) is 69.6 cm³/mol. The Kier molecular flexibility index (Phi) is 3.91. The zero-order chi connectivity index (χ0) is 11.6. The van der Waals surface area contributed by atoms with Gasteiger partial charge in [0.15, 0.2) is 0 Å². The molecule has 16 heavy (non-hydrogen) atoms. The SMILES string of the molecule is CC(C)(C)CNCCN(CC1CC1)C1CC1. The topological polar surface area (TPSA) is 15.3 Å². The van der Waals surface area contributed by atoms with Crippen LogP contribution in [0.3, 0.4) is 0 Å². The van der Waals surface area contributed by atoms with Crippen LogP contribution in [0, 0.1) is 11.3 Å². The summed E-state index contributed by atoms with van der Waals surface area (Å²) in [4.78, 5) is 2.73. The second kappa shape index (κ2) is 5.05. The van der Waals surface area contributed by atoms with Crippen LogP contribution < -0.4 is 5.32 Å². The van der Waals surface area contributed by atoms with Crippen LogP contribution in [0.4, 0.5) is 0 Å². The summed E-state index contributed by atoms with van der Waals surface area (Å²) >= 11 is 0. The minimum atomic E-state index is 0.418. The lowest BCUT2D eigenvalue weighted by Gasteiger charge is -2.24. The molecule has 0 aromatic heterocycles. The molecule has 0 spiro atoms. The fraction of sp³-hybridized carbons (Fsp3) is 1.00. The van der Waals surface area contributed by atoms with Crippen molar-refractivity contribution in [1.29, 1.82) is 0 Å². The van der Waals surface area contributed by atoms with Crippen molar-refractivity contribution in [2.45, 2.75) is 52.5 Å². The Labute approximate surface area is 101 Å². The van der Waals surface area contributed by atoms with Crippen molar-refractivity contribution in [1.82, 2.24) is 10.2 Å². The summed E-state index contributed by atoms with van der Waals surface area (Å²) in [5, 5.41) is 3.59. The standard InChI is InChI=1S/C14H28N2/c1-14(2,3)11-15-8-9-16(13-6-7-13)10-12-4-5-12/h12-13,15H,4-11H2,1-3H3. The average molecular weight is 224 g/mol. The number of nitrogens with zero attached hydrogens (tertiary/aromatic N) is 1. The van der Waals surface area contributed by atoms with Crippen molar-refractivity contribution in [3.05, 3.63) is 0 Å². The summed E-state index contributed by atoms with van der Waals surface area (Å²) in [6, 6.07) is 0.942. The highest BCUT2D eigenvalue weighted by Crippen LogP contribution is 2.34. The smallest absolute Gasteiger partial charge is 0.0110 e. The molecule has 2 aliphatic carbocycles. The molecule has 2 heteroatoms. The second-order valence-corrected chi connectivity index (χ2v) is 6.91. The van der Waals surface area contributed by atoms with Crippen molar-refractivity contribution in [3.8, 4) is 0 Å². The lowest BCUT2D eigenvalue weighted by Crippen LogP contribution is -2.37. The first-order valence-corrected chi connectivity index (χ1v) is 6.99. The van der Waals surface area contributed by atoms with Gasteiger partial charge in [0.25, 0.3) is 0 Å². The molecule has 0 heterocycles. The Hall–Kier alpha value is -0.0800. The molecule has 0 radical (unpaired) electrons. The van der Waals surface area contributed by atoms with Crippen molar-refractivity contribution >= 4 is 0 Å². The minimum absolute atomic E-state index is 0.418. The molecule has 2 nitrogen and oxygen atoms in total. The van der Waals surface area contributed by atoms with Gasteiger partial charge < -0.3 is 5.32 Å². The molecule has 2 aliphatic rings. The largest absolute Gasteiger partial charge is 0.315 e. The third-order valence-electron chi connectivity index (χ3n) is 3.48. The maximum absolute atomic E-state index is 3.59. The fourth-order valence-electron chi connectivity index (χ4n) is 2.18. The molecule has 0 saturated heterocycles. The van der Waals surface area contributed by atoms with Crippen LogP contribution in [0.5, 0.6) is 0 Å². The van der Waals surface area contributed by atoms with Gasteiger partial charge in [-0.1, -0.05) is 20.8 Å². The van der Waals surface area contributed by atoms with E-state index in [0.717, 1.165) is 18.5 Å². The molecule has 1 N–H and O–H groups in total. The first kappa shape index (κ1) is 12.4. The maximum atomic E-state index is 3.59. The molecule has 0 bridgehead atoms. The molecule has 0 aromatic rings. The van der Waals surface area contributed by atoms with Crippen molar-refractivity contribution in [3.63, 3.8) is 0 Å². The highest BCUT2D eigenvalue weighted by Gasteiger charge is 2.33. The van der Waals surface area contributed by atoms with E-state index in [-0.39, 0.29) is 0 Å². The quantitative estimate of drug-likeness (QED) is 0.668. The van der Waals surface area contributed by atoms with E-state index in [1.54, 1.807) is 0 Å². The molecule has 0 aromatic carbocycles. The van der Waals surface area contributed by atoms with E-state index in [0.29, 0.717) is 5.41 Å². The molecule has 0 aliphatic heterocycles. The third-order valence-corrected chi connectivity index (χ3v) is 3.48. The van der Waals surface area contributed by atoms with Crippen LogP contribution in [-0.2, 0) is 0 Å². The van der Waals surface area contributed by atoms with Gasteiger partial charge in [-0.15, -0.1) is 0 Å². The molecule has 0 atom stereocenters. The van der Waals surface area contributed by atoms with Gasteiger partial charge in [0.05, 0.1) is 0 Å². The Morgan fingerprint density at radius 1 is 1.12 bits per heavy atom. The Balaban J connectivity index is 1.58. The van der Waals surface area contributed by atoms with E-state index in [4.69, 9.17) is 0 Å². The molecular weight excluding hydrogens is 196 g/mol.